The molecular formula is C15H14BrNO3. The Morgan fingerprint density at radius 2 is 2.00 bits per heavy atom. The van der Waals surface area contributed by atoms with Gasteiger partial charge in [-0.05, 0) is 35.9 Å². The first-order valence-electron chi connectivity index (χ1n) is 6.29. The smallest absolute Gasteiger partial charge is 0.231 e. The Morgan fingerprint density at radius 1 is 1.15 bits per heavy atom. The molecule has 3 rings (SSSR count). The average molecular weight is 336 g/mol. The molecule has 0 saturated carbocycles. The van der Waals surface area contributed by atoms with E-state index in [9.17, 15) is 5.11 Å². The number of ether oxygens (including phenoxy) is 2. The van der Waals surface area contributed by atoms with Gasteiger partial charge < -0.3 is 19.9 Å². The molecule has 1 atom stereocenters. The van der Waals surface area contributed by atoms with Gasteiger partial charge in [-0.15, -0.1) is 0 Å². The average Bonchev–Trinajstić information content (AvgIpc) is 2.92. The lowest BCUT2D eigenvalue weighted by Crippen LogP contribution is -2.12. The van der Waals surface area contributed by atoms with Crippen LogP contribution in [0.1, 0.15) is 11.7 Å². The predicted molar refractivity (Wildman–Crippen MR) is 80.2 cm³/mol. The van der Waals surface area contributed by atoms with E-state index in [-0.39, 0.29) is 6.79 Å². The number of fused-ring (bicyclic) bond motifs is 1. The predicted octanol–water partition coefficient (Wildman–Crippen LogP) is 3.32. The minimum atomic E-state index is -0.608. The van der Waals surface area contributed by atoms with Crippen molar-refractivity contribution in [3.8, 4) is 11.5 Å². The van der Waals surface area contributed by atoms with Crippen LogP contribution in [0, 0.1) is 0 Å². The quantitative estimate of drug-likeness (QED) is 0.899. The summed E-state index contributed by atoms with van der Waals surface area (Å²) in [5, 5.41) is 13.4. The lowest BCUT2D eigenvalue weighted by molar-refractivity contribution is 0.173. The van der Waals surface area contributed by atoms with Gasteiger partial charge in [0.2, 0.25) is 6.79 Å². The number of hydrogen-bond acceptors (Lipinski definition) is 4. The summed E-state index contributed by atoms with van der Waals surface area (Å²) in [5.74, 6) is 1.41. The molecule has 0 aliphatic carbocycles. The second-order valence-corrected chi connectivity index (χ2v) is 5.44. The van der Waals surface area contributed by atoms with Gasteiger partial charge in [-0.3, -0.25) is 0 Å². The van der Waals surface area contributed by atoms with Crippen LogP contribution in [-0.2, 0) is 0 Å². The fourth-order valence-corrected chi connectivity index (χ4v) is 2.45. The normalized spacial score (nSPS) is 14.1. The van der Waals surface area contributed by atoms with Gasteiger partial charge in [0.25, 0.3) is 0 Å². The summed E-state index contributed by atoms with van der Waals surface area (Å²) in [4.78, 5) is 0. The molecule has 0 saturated heterocycles. The van der Waals surface area contributed by atoms with Crippen molar-refractivity contribution in [3.63, 3.8) is 0 Å². The van der Waals surface area contributed by atoms with Crippen LogP contribution in [0.25, 0.3) is 0 Å². The molecule has 1 heterocycles. The van der Waals surface area contributed by atoms with Gasteiger partial charge in [0.05, 0.1) is 6.10 Å². The third kappa shape index (κ3) is 2.89. The number of halogens is 1. The van der Waals surface area contributed by atoms with Crippen molar-refractivity contribution in [2.45, 2.75) is 6.10 Å². The molecule has 2 aromatic rings. The molecule has 0 amide bonds. The summed E-state index contributed by atoms with van der Waals surface area (Å²) in [6.45, 7) is 0.668. The molecule has 2 aromatic carbocycles. The standard InChI is InChI=1S/C15H14BrNO3/c16-11-2-1-3-12(7-11)17-8-13(18)10-4-5-14-15(6-10)20-9-19-14/h1-7,13,17-18H,8-9H2. The van der Waals surface area contributed by atoms with E-state index in [4.69, 9.17) is 9.47 Å². The summed E-state index contributed by atoms with van der Waals surface area (Å²) >= 11 is 3.41. The third-order valence-electron chi connectivity index (χ3n) is 3.11. The van der Waals surface area contributed by atoms with Crippen molar-refractivity contribution in [2.24, 2.45) is 0 Å². The fourth-order valence-electron chi connectivity index (χ4n) is 2.05. The zero-order valence-electron chi connectivity index (χ0n) is 10.7. The molecule has 0 bridgehead atoms. The zero-order valence-corrected chi connectivity index (χ0v) is 12.3. The number of aliphatic hydroxyl groups is 1. The van der Waals surface area contributed by atoms with Gasteiger partial charge in [0.15, 0.2) is 11.5 Å². The lowest BCUT2D eigenvalue weighted by Gasteiger charge is -2.14. The van der Waals surface area contributed by atoms with E-state index in [1.165, 1.54) is 0 Å². The monoisotopic (exact) mass is 335 g/mol. The van der Waals surface area contributed by atoms with Crippen LogP contribution >= 0.6 is 15.9 Å². The molecule has 0 spiro atoms. The minimum Gasteiger partial charge on any atom is -0.454 e. The Bertz CT molecular complexity index is 618. The Balaban J connectivity index is 1.66. The van der Waals surface area contributed by atoms with Crippen LogP contribution in [0.3, 0.4) is 0 Å². The molecule has 1 aliphatic rings. The van der Waals surface area contributed by atoms with Crippen molar-refractivity contribution in [1.82, 2.24) is 0 Å². The third-order valence-corrected chi connectivity index (χ3v) is 3.60. The van der Waals surface area contributed by atoms with Gasteiger partial charge in [0.1, 0.15) is 0 Å². The molecule has 1 unspecified atom stereocenters. The lowest BCUT2D eigenvalue weighted by atomic mass is 10.1. The van der Waals surface area contributed by atoms with Gasteiger partial charge in [-0.1, -0.05) is 28.1 Å². The summed E-state index contributed by atoms with van der Waals surface area (Å²) < 4.78 is 11.6. The van der Waals surface area contributed by atoms with E-state index >= 15 is 0 Å². The fraction of sp³-hybridized carbons (Fsp3) is 0.200. The Labute approximate surface area is 125 Å². The second kappa shape index (κ2) is 5.73. The van der Waals surface area contributed by atoms with Gasteiger partial charge in [-0.25, -0.2) is 0 Å². The molecule has 20 heavy (non-hydrogen) atoms. The summed E-state index contributed by atoms with van der Waals surface area (Å²) in [6, 6.07) is 13.3. The first-order valence-corrected chi connectivity index (χ1v) is 7.09. The van der Waals surface area contributed by atoms with Crippen molar-refractivity contribution in [2.75, 3.05) is 18.7 Å². The van der Waals surface area contributed by atoms with Crippen molar-refractivity contribution in [1.29, 1.82) is 0 Å². The molecule has 0 fully saturated rings. The first-order chi connectivity index (χ1) is 9.72. The van der Waals surface area contributed by atoms with Crippen LogP contribution in [0.4, 0.5) is 5.69 Å². The van der Waals surface area contributed by atoms with Crippen LogP contribution in [0.15, 0.2) is 46.9 Å². The number of aliphatic hydroxyl groups excluding tert-OH is 1. The number of rotatable bonds is 4. The van der Waals surface area contributed by atoms with Crippen LogP contribution in [0.5, 0.6) is 11.5 Å². The summed E-state index contributed by atoms with van der Waals surface area (Å²) in [7, 11) is 0. The van der Waals surface area contributed by atoms with Crippen LogP contribution in [-0.4, -0.2) is 18.4 Å². The van der Waals surface area contributed by atoms with Crippen LogP contribution < -0.4 is 14.8 Å². The highest BCUT2D eigenvalue weighted by Gasteiger charge is 2.16. The van der Waals surface area contributed by atoms with E-state index in [1.54, 1.807) is 0 Å². The SMILES string of the molecule is OC(CNc1cccc(Br)c1)c1ccc2c(c1)OCO2. The maximum absolute atomic E-state index is 10.2. The molecule has 0 radical (unpaired) electrons. The summed E-state index contributed by atoms with van der Waals surface area (Å²) in [5.41, 5.74) is 1.76. The molecule has 0 aromatic heterocycles. The number of nitrogens with one attached hydrogen (secondary N) is 1. The number of benzene rings is 2. The van der Waals surface area contributed by atoms with Crippen LogP contribution in [0.2, 0.25) is 0 Å². The van der Waals surface area contributed by atoms with E-state index < -0.39 is 6.10 Å². The number of hydrogen-bond donors (Lipinski definition) is 2. The molecule has 2 N–H and O–H groups in total. The molecule has 1 aliphatic heterocycles. The molecule has 104 valence electrons. The highest BCUT2D eigenvalue weighted by atomic mass is 79.9. The van der Waals surface area contributed by atoms with E-state index in [1.807, 2.05) is 42.5 Å². The first kappa shape index (κ1) is 13.3. The molecular weight excluding hydrogens is 322 g/mol. The van der Waals surface area contributed by atoms with Crippen molar-refractivity contribution in [3.05, 3.63) is 52.5 Å². The largest absolute Gasteiger partial charge is 0.454 e. The Morgan fingerprint density at radius 3 is 2.85 bits per heavy atom. The van der Waals surface area contributed by atoms with Gasteiger partial charge in [0, 0.05) is 16.7 Å². The topological polar surface area (TPSA) is 50.7 Å². The maximum Gasteiger partial charge on any atom is 0.231 e. The maximum atomic E-state index is 10.2. The Kier molecular flexibility index (Phi) is 3.80. The van der Waals surface area contributed by atoms with Crippen molar-refractivity contribution >= 4 is 21.6 Å². The number of anilines is 1. The highest BCUT2D eigenvalue weighted by molar-refractivity contribution is 9.10. The second-order valence-electron chi connectivity index (χ2n) is 4.52. The molecule has 4 nitrogen and oxygen atoms in total. The highest BCUT2D eigenvalue weighted by Crippen LogP contribution is 2.34. The zero-order chi connectivity index (χ0) is 13.9. The van der Waals surface area contributed by atoms with E-state index in [0.717, 1.165) is 21.5 Å². The molecule has 5 heteroatoms. The van der Waals surface area contributed by atoms with E-state index in [2.05, 4.69) is 21.2 Å². The van der Waals surface area contributed by atoms with Crippen molar-refractivity contribution < 1.29 is 14.6 Å². The minimum absolute atomic E-state index is 0.241. The van der Waals surface area contributed by atoms with Gasteiger partial charge >= 0.3 is 0 Å². The Hall–Kier alpha value is -1.72. The van der Waals surface area contributed by atoms with Gasteiger partial charge in [-0.2, -0.15) is 0 Å². The van der Waals surface area contributed by atoms with E-state index in [0.29, 0.717) is 12.3 Å². The summed E-state index contributed by atoms with van der Waals surface area (Å²) in [6.07, 6.45) is -0.608.